The predicted octanol–water partition coefficient (Wildman–Crippen LogP) is 3.94. The molecular formula is C20H22F3N4O2+. The fraction of sp³-hybridized carbons (Fsp3) is 0.450. The fourth-order valence-electron chi connectivity index (χ4n) is 3.75. The summed E-state index contributed by atoms with van der Waals surface area (Å²) in [7, 11) is 0. The van der Waals surface area contributed by atoms with Gasteiger partial charge in [-0.1, -0.05) is 16.8 Å². The smallest absolute Gasteiger partial charge is 0.406 e. The van der Waals surface area contributed by atoms with E-state index in [1.807, 2.05) is 13.0 Å². The minimum absolute atomic E-state index is 0.222. The van der Waals surface area contributed by atoms with Crippen LogP contribution in [0.1, 0.15) is 38.2 Å². The van der Waals surface area contributed by atoms with Gasteiger partial charge in [0.2, 0.25) is 6.20 Å². The molecule has 1 aromatic carbocycles. The second-order valence-corrected chi connectivity index (χ2v) is 7.77. The highest BCUT2D eigenvalue weighted by Gasteiger charge is 2.36. The van der Waals surface area contributed by atoms with Crippen LogP contribution in [-0.2, 0) is 0 Å². The normalized spacial score (nSPS) is 28.9. The van der Waals surface area contributed by atoms with E-state index in [0.717, 1.165) is 25.7 Å². The molecule has 0 bridgehead atoms. The second-order valence-electron chi connectivity index (χ2n) is 7.77. The molecule has 3 aliphatic rings. The van der Waals surface area contributed by atoms with E-state index in [4.69, 9.17) is 4.99 Å². The molecule has 1 unspecified atom stereocenters. The number of rotatable bonds is 3. The molecule has 0 aromatic heterocycles. The molecule has 0 amide bonds. The van der Waals surface area contributed by atoms with E-state index >= 15 is 0 Å². The van der Waals surface area contributed by atoms with Crippen molar-refractivity contribution in [2.45, 2.75) is 56.8 Å². The van der Waals surface area contributed by atoms with E-state index in [1.54, 1.807) is 23.2 Å². The molecule has 2 heterocycles. The number of azo groups is 2. The Morgan fingerprint density at radius 1 is 1.28 bits per heavy atom. The van der Waals surface area contributed by atoms with E-state index in [0.29, 0.717) is 17.0 Å². The number of aliphatic imine (C=N–C) groups is 1. The summed E-state index contributed by atoms with van der Waals surface area (Å²) in [6.07, 6.45) is 3.17. The first-order valence-corrected chi connectivity index (χ1v) is 9.49. The maximum Gasteiger partial charge on any atom is 0.573 e. The van der Waals surface area contributed by atoms with Gasteiger partial charge in [0.05, 0.1) is 11.2 Å². The number of amidine groups is 1. The molecule has 0 spiro atoms. The van der Waals surface area contributed by atoms with Gasteiger partial charge in [-0.05, 0) is 55.4 Å². The Kier molecular flexibility index (Phi) is 4.94. The molecule has 2 aliphatic heterocycles. The largest absolute Gasteiger partial charge is 0.573 e. The summed E-state index contributed by atoms with van der Waals surface area (Å²) in [6.45, 7) is 1.85. The minimum Gasteiger partial charge on any atom is -0.406 e. The molecule has 9 heteroatoms. The lowest BCUT2D eigenvalue weighted by Gasteiger charge is -2.33. The Morgan fingerprint density at radius 2 is 2.03 bits per heavy atom. The van der Waals surface area contributed by atoms with Gasteiger partial charge >= 0.3 is 12.5 Å². The number of halogens is 3. The van der Waals surface area contributed by atoms with E-state index in [1.165, 1.54) is 18.2 Å². The summed E-state index contributed by atoms with van der Waals surface area (Å²) < 4.78 is 43.2. The van der Waals surface area contributed by atoms with Gasteiger partial charge in [-0.2, -0.15) is 4.99 Å². The SMILES string of the molecule is CC1(O)CCC(NC2=NC3C(c4cccc(OC(F)(F)F)c4)=CN=[N+]3C=C2)CC1. The lowest BCUT2D eigenvalue weighted by molar-refractivity contribution is -0.542. The first-order valence-electron chi connectivity index (χ1n) is 9.49. The number of fused-ring (bicyclic) bond motifs is 1. The van der Waals surface area contributed by atoms with Crippen LogP contribution < -0.4 is 10.1 Å². The Balaban J connectivity index is 1.48. The molecule has 4 rings (SSSR count). The maximum absolute atomic E-state index is 12.5. The van der Waals surface area contributed by atoms with Crippen LogP contribution in [0.25, 0.3) is 5.57 Å². The van der Waals surface area contributed by atoms with Crippen LogP contribution in [0, 0.1) is 0 Å². The van der Waals surface area contributed by atoms with E-state index in [2.05, 4.69) is 15.2 Å². The molecule has 1 atom stereocenters. The molecule has 1 aliphatic carbocycles. The molecule has 0 radical (unpaired) electrons. The molecule has 1 fully saturated rings. The van der Waals surface area contributed by atoms with Crippen LogP contribution >= 0.6 is 0 Å². The first-order chi connectivity index (χ1) is 13.7. The van der Waals surface area contributed by atoms with Crippen molar-refractivity contribution in [1.82, 2.24) is 5.32 Å². The highest BCUT2D eigenvalue weighted by atomic mass is 19.4. The second kappa shape index (κ2) is 7.29. The highest BCUT2D eigenvalue weighted by Crippen LogP contribution is 2.32. The van der Waals surface area contributed by atoms with E-state index in [-0.39, 0.29) is 11.8 Å². The number of nitrogens with zero attached hydrogens (tertiary/aromatic N) is 3. The quantitative estimate of drug-likeness (QED) is 0.746. The number of alkyl halides is 3. The Hall–Kier alpha value is -2.68. The molecule has 1 aromatic rings. The van der Waals surface area contributed by atoms with Crippen LogP contribution in [-0.4, -0.2) is 39.8 Å². The van der Waals surface area contributed by atoms with E-state index in [9.17, 15) is 18.3 Å². The van der Waals surface area contributed by atoms with Crippen molar-refractivity contribution in [2.75, 3.05) is 0 Å². The third kappa shape index (κ3) is 4.67. The van der Waals surface area contributed by atoms with Gasteiger partial charge in [0.25, 0.3) is 0 Å². The number of nitrogens with one attached hydrogen (secondary N) is 1. The van der Waals surface area contributed by atoms with Gasteiger partial charge in [0.1, 0.15) is 17.8 Å². The first kappa shape index (κ1) is 19.6. The highest BCUT2D eigenvalue weighted by molar-refractivity contribution is 5.94. The number of ether oxygens (including phenoxy) is 1. The number of benzene rings is 1. The van der Waals surface area contributed by atoms with Crippen LogP contribution in [0.4, 0.5) is 13.2 Å². The van der Waals surface area contributed by atoms with Gasteiger partial charge in [0, 0.05) is 12.1 Å². The number of aliphatic hydroxyl groups is 1. The van der Waals surface area contributed by atoms with Crippen molar-refractivity contribution < 1.29 is 27.7 Å². The Labute approximate surface area is 166 Å². The Morgan fingerprint density at radius 3 is 2.76 bits per heavy atom. The lowest BCUT2D eigenvalue weighted by atomic mass is 9.83. The average molecular weight is 407 g/mol. The summed E-state index contributed by atoms with van der Waals surface area (Å²) >= 11 is 0. The van der Waals surface area contributed by atoms with Crippen LogP contribution in [0.15, 0.2) is 52.8 Å². The van der Waals surface area contributed by atoms with Crippen LogP contribution in [0.3, 0.4) is 0 Å². The van der Waals surface area contributed by atoms with Gasteiger partial charge in [0.15, 0.2) is 0 Å². The molecule has 29 heavy (non-hydrogen) atoms. The zero-order valence-electron chi connectivity index (χ0n) is 15.9. The summed E-state index contributed by atoms with van der Waals surface area (Å²) in [4.78, 5) is 4.69. The van der Waals surface area contributed by atoms with Crippen molar-refractivity contribution in [2.24, 2.45) is 10.1 Å². The van der Waals surface area contributed by atoms with Crippen molar-refractivity contribution in [3.8, 4) is 5.75 Å². The van der Waals surface area contributed by atoms with Crippen molar-refractivity contribution >= 4 is 11.4 Å². The van der Waals surface area contributed by atoms with Gasteiger partial charge in [-0.25, -0.2) is 0 Å². The zero-order chi connectivity index (χ0) is 20.6. The third-order valence-corrected chi connectivity index (χ3v) is 5.32. The van der Waals surface area contributed by atoms with Gasteiger partial charge in [-0.15, -0.1) is 13.2 Å². The van der Waals surface area contributed by atoms with Gasteiger partial charge < -0.3 is 15.2 Å². The van der Waals surface area contributed by atoms with Crippen molar-refractivity contribution in [1.29, 1.82) is 0 Å². The molecule has 0 saturated heterocycles. The summed E-state index contributed by atoms with van der Waals surface area (Å²) in [6, 6.07) is 6.03. The topological polar surface area (TPSA) is 69.2 Å². The van der Waals surface area contributed by atoms with Gasteiger partial charge in [-0.3, -0.25) is 0 Å². The molecule has 1 saturated carbocycles. The van der Waals surface area contributed by atoms with Crippen molar-refractivity contribution in [3.05, 3.63) is 48.3 Å². The number of hydrogen-bond donors (Lipinski definition) is 2. The van der Waals surface area contributed by atoms with Crippen molar-refractivity contribution in [3.63, 3.8) is 0 Å². The number of hydrogen-bond acceptors (Lipinski definition) is 5. The lowest BCUT2D eigenvalue weighted by Crippen LogP contribution is -2.43. The predicted molar refractivity (Wildman–Crippen MR) is 100 cm³/mol. The standard InChI is InChI=1S/C20H22F3N4O2/c1-19(28)8-5-14(6-9-19)25-17-7-10-27-18(26-17)16(12-24-27)13-3-2-4-15(11-13)29-20(21,22)23/h2-4,7,10-12,14,18,28H,5-6,8-9H2,1H3,(H,25,26)/q+1. The average Bonchev–Trinajstić information content (AvgIpc) is 3.05. The summed E-state index contributed by atoms with van der Waals surface area (Å²) in [5.41, 5.74) is 0.645. The monoisotopic (exact) mass is 407 g/mol. The minimum atomic E-state index is -4.74. The molecular weight excluding hydrogens is 385 g/mol. The molecule has 6 nitrogen and oxygen atoms in total. The Bertz CT molecular complexity index is 909. The van der Waals surface area contributed by atoms with E-state index < -0.39 is 18.1 Å². The summed E-state index contributed by atoms with van der Waals surface area (Å²) in [5, 5.41) is 17.8. The zero-order valence-corrected chi connectivity index (χ0v) is 15.9. The molecule has 154 valence electrons. The van der Waals surface area contributed by atoms with Crippen LogP contribution in [0.2, 0.25) is 0 Å². The molecule has 2 N–H and O–H groups in total. The fourth-order valence-corrected chi connectivity index (χ4v) is 3.75. The maximum atomic E-state index is 12.5. The summed E-state index contributed by atoms with van der Waals surface area (Å²) in [5.74, 6) is 0.417. The van der Waals surface area contributed by atoms with Crippen LogP contribution in [0.5, 0.6) is 5.75 Å². The third-order valence-electron chi connectivity index (χ3n) is 5.32.